The summed E-state index contributed by atoms with van der Waals surface area (Å²) >= 11 is 0. The summed E-state index contributed by atoms with van der Waals surface area (Å²) in [6.07, 6.45) is -0.851. The molecule has 0 amide bonds. The molecule has 0 fully saturated rings. The van der Waals surface area contributed by atoms with E-state index in [4.69, 9.17) is 28.4 Å². The van der Waals surface area contributed by atoms with E-state index in [0.717, 1.165) is 5.56 Å². The SMILES string of the molecule is COc1cc2c(c(O)c1OC)-c1c(cc3c(c1OC)OCO3)C[C@H](C)[C@](C)(O)[C@H]2OC(=O)c1ccccc1. The van der Waals surface area contributed by atoms with Crippen molar-refractivity contribution < 1.29 is 43.4 Å². The number of phenols is 1. The number of hydrogen-bond acceptors (Lipinski definition) is 9. The highest BCUT2D eigenvalue weighted by atomic mass is 16.7. The molecule has 1 aliphatic heterocycles. The number of carbonyl (C=O) groups is 1. The van der Waals surface area contributed by atoms with Gasteiger partial charge in [0.25, 0.3) is 0 Å². The van der Waals surface area contributed by atoms with Crippen LogP contribution in [-0.2, 0) is 11.2 Å². The first-order chi connectivity index (χ1) is 18.2. The Balaban J connectivity index is 1.84. The van der Waals surface area contributed by atoms with Crippen LogP contribution >= 0.6 is 0 Å². The first-order valence-electron chi connectivity index (χ1n) is 12.2. The van der Waals surface area contributed by atoms with Gasteiger partial charge in [0.1, 0.15) is 5.60 Å². The highest BCUT2D eigenvalue weighted by molar-refractivity contribution is 5.91. The molecule has 0 unspecified atom stereocenters. The van der Waals surface area contributed by atoms with E-state index in [1.807, 2.05) is 13.0 Å². The average molecular weight is 523 g/mol. The second kappa shape index (κ2) is 9.64. The minimum absolute atomic E-state index is 0.0178. The van der Waals surface area contributed by atoms with Crippen LogP contribution in [0.5, 0.6) is 34.5 Å². The summed E-state index contributed by atoms with van der Waals surface area (Å²) in [4.78, 5) is 13.3. The molecule has 200 valence electrons. The molecule has 1 aliphatic carbocycles. The highest BCUT2D eigenvalue weighted by Gasteiger charge is 2.47. The van der Waals surface area contributed by atoms with Crippen LogP contribution in [-0.4, -0.2) is 49.9 Å². The molecular weight excluding hydrogens is 492 g/mol. The molecule has 3 aromatic carbocycles. The van der Waals surface area contributed by atoms with E-state index in [1.54, 1.807) is 43.3 Å². The summed E-state index contributed by atoms with van der Waals surface area (Å²) in [6.45, 7) is 3.51. The van der Waals surface area contributed by atoms with Gasteiger partial charge in [-0.15, -0.1) is 0 Å². The number of aliphatic hydroxyl groups is 1. The number of ether oxygens (including phenoxy) is 6. The third-order valence-electron chi connectivity index (χ3n) is 7.40. The quantitative estimate of drug-likeness (QED) is 0.462. The number of benzene rings is 3. The molecule has 3 aromatic rings. The predicted molar refractivity (Wildman–Crippen MR) is 137 cm³/mol. The number of phenolic OH excluding ortho intramolecular Hbond substituents is 1. The van der Waals surface area contributed by atoms with E-state index in [-0.39, 0.29) is 29.6 Å². The summed E-state index contributed by atoms with van der Waals surface area (Å²) in [5.41, 5.74) is 0.617. The summed E-state index contributed by atoms with van der Waals surface area (Å²) in [7, 11) is 4.35. The largest absolute Gasteiger partial charge is 0.504 e. The zero-order valence-electron chi connectivity index (χ0n) is 21.9. The summed E-state index contributed by atoms with van der Waals surface area (Å²) in [6, 6.07) is 12.0. The van der Waals surface area contributed by atoms with Gasteiger partial charge in [0.2, 0.25) is 18.3 Å². The molecule has 0 bridgehead atoms. The number of hydrogen-bond donors (Lipinski definition) is 2. The lowest BCUT2D eigenvalue weighted by atomic mass is 9.73. The van der Waals surface area contributed by atoms with Gasteiger partial charge in [-0.25, -0.2) is 4.79 Å². The third kappa shape index (κ3) is 3.94. The Morgan fingerprint density at radius 2 is 1.71 bits per heavy atom. The van der Waals surface area contributed by atoms with Gasteiger partial charge in [0.15, 0.2) is 29.1 Å². The number of rotatable bonds is 5. The lowest BCUT2D eigenvalue weighted by Gasteiger charge is -2.41. The topological polar surface area (TPSA) is 113 Å². The van der Waals surface area contributed by atoms with E-state index in [0.29, 0.717) is 40.4 Å². The van der Waals surface area contributed by atoms with Gasteiger partial charge in [-0.2, -0.15) is 0 Å². The Morgan fingerprint density at radius 1 is 1.00 bits per heavy atom. The fraction of sp³-hybridized carbons (Fsp3) is 0.345. The molecule has 9 nitrogen and oxygen atoms in total. The van der Waals surface area contributed by atoms with Crippen molar-refractivity contribution in [1.82, 2.24) is 0 Å². The van der Waals surface area contributed by atoms with Gasteiger partial charge in [-0.05, 0) is 49.1 Å². The van der Waals surface area contributed by atoms with Crippen molar-refractivity contribution in [2.24, 2.45) is 5.92 Å². The zero-order chi connectivity index (χ0) is 27.2. The summed E-state index contributed by atoms with van der Waals surface area (Å²) in [5, 5.41) is 23.6. The van der Waals surface area contributed by atoms with E-state index < -0.39 is 23.6 Å². The van der Waals surface area contributed by atoms with E-state index in [9.17, 15) is 15.0 Å². The number of methoxy groups -OCH3 is 3. The van der Waals surface area contributed by atoms with E-state index in [2.05, 4.69) is 0 Å². The van der Waals surface area contributed by atoms with Gasteiger partial charge in [-0.3, -0.25) is 0 Å². The smallest absolute Gasteiger partial charge is 0.338 e. The Kier molecular flexibility index (Phi) is 6.48. The Morgan fingerprint density at radius 3 is 2.37 bits per heavy atom. The molecule has 2 aliphatic rings. The first-order valence-corrected chi connectivity index (χ1v) is 12.2. The number of esters is 1. The molecule has 0 aromatic heterocycles. The Bertz CT molecular complexity index is 1380. The maximum Gasteiger partial charge on any atom is 0.338 e. The number of aromatic hydroxyl groups is 1. The van der Waals surface area contributed by atoms with Crippen molar-refractivity contribution in [2.45, 2.75) is 32.0 Å². The molecule has 0 saturated heterocycles. The molecule has 0 radical (unpaired) electrons. The number of fused-ring (bicyclic) bond motifs is 4. The van der Waals surface area contributed by atoms with Crippen LogP contribution in [0, 0.1) is 5.92 Å². The average Bonchev–Trinajstić information content (AvgIpc) is 3.38. The molecule has 3 atom stereocenters. The van der Waals surface area contributed by atoms with Crippen LogP contribution in [0.4, 0.5) is 0 Å². The fourth-order valence-corrected chi connectivity index (χ4v) is 5.20. The summed E-state index contributed by atoms with van der Waals surface area (Å²) < 4.78 is 34.2. The Labute approximate surface area is 220 Å². The van der Waals surface area contributed by atoms with Gasteiger partial charge in [0.05, 0.1) is 26.9 Å². The van der Waals surface area contributed by atoms with E-state index >= 15 is 0 Å². The normalized spacial score (nSPS) is 21.4. The van der Waals surface area contributed by atoms with E-state index in [1.165, 1.54) is 21.3 Å². The van der Waals surface area contributed by atoms with Crippen LogP contribution in [0.1, 0.15) is 41.4 Å². The molecular formula is C29H30O9. The monoisotopic (exact) mass is 522 g/mol. The predicted octanol–water partition coefficient (Wildman–Crippen LogP) is 4.66. The van der Waals surface area contributed by atoms with Crippen molar-refractivity contribution in [3.05, 3.63) is 59.2 Å². The summed E-state index contributed by atoms with van der Waals surface area (Å²) in [5.74, 6) is 0.232. The van der Waals surface area contributed by atoms with Gasteiger partial charge < -0.3 is 38.6 Å². The zero-order valence-corrected chi connectivity index (χ0v) is 21.9. The maximum atomic E-state index is 13.3. The van der Waals surface area contributed by atoms with Crippen LogP contribution in [0.25, 0.3) is 11.1 Å². The van der Waals surface area contributed by atoms with Crippen LogP contribution in [0.3, 0.4) is 0 Å². The minimum Gasteiger partial charge on any atom is -0.504 e. The number of carbonyl (C=O) groups excluding carboxylic acids is 1. The minimum atomic E-state index is -1.56. The molecule has 0 spiro atoms. The van der Waals surface area contributed by atoms with Crippen LogP contribution in [0.15, 0.2) is 42.5 Å². The second-order valence-electron chi connectivity index (χ2n) is 9.59. The van der Waals surface area contributed by atoms with Crippen molar-refractivity contribution in [2.75, 3.05) is 28.1 Å². The van der Waals surface area contributed by atoms with Gasteiger partial charge in [0, 0.05) is 16.7 Å². The van der Waals surface area contributed by atoms with Crippen molar-refractivity contribution in [3.63, 3.8) is 0 Å². The lowest BCUT2D eigenvalue weighted by molar-refractivity contribution is -0.107. The molecule has 0 saturated carbocycles. The standard InChI is InChI=1S/C29H30O9/c1-15-11-17-12-20-25(37-14-36-20)26(35-5)21(17)22-18(13-19(33-3)24(34-4)23(22)30)27(29(15,2)32)38-28(31)16-9-7-6-8-10-16/h6-10,12-13,15,27,30,32H,11,14H2,1-5H3/t15-,27-,29-/m0/s1. The first kappa shape index (κ1) is 25.5. The van der Waals surface area contributed by atoms with Crippen molar-refractivity contribution >= 4 is 5.97 Å². The molecule has 9 heteroatoms. The Hall–Kier alpha value is -4.11. The molecule has 5 rings (SSSR count). The molecule has 1 heterocycles. The van der Waals surface area contributed by atoms with Crippen molar-refractivity contribution in [3.8, 4) is 45.6 Å². The van der Waals surface area contributed by atoms with Gasteiger partial charge in [-0.1, -0.05) is 25.1 Å². The van der Waals surface area contributed by atoms with Crippen LogP contribution in [0.2, 0.25) is 0 Å². The lowest BCUT2D eigenvalue weighted by Crippen LogP contribution is -2.43. The molecule has 2 N–H and O–H groups in total. The van der Waals surface area contributed by atoms with Crippen molar-refractivity contribution in [1.29, 1.82) is 0 Å². The fourth-order valence-electron chi connectivity index (χ4n) is 5.20. The maximum absolute atomic E-state index is 13.3. The highest BCUT2D eigenvalue weighted by Crippen LogP contribution is 2.58. The molecule has 38 heavy (non-hydrogen) atoms. The van der Waals surface area contributed by atoms with Gasteiger partial charge >= 0.3 is 5.97 Å². The third-order valence-corrected chi connectivity index (χ3v) is 7.40. The van der Waals surface area contributed by atoms with Crippen LogP contribution < -0.4 is 23.7 Å². The second-order valence-corrected chi connectivity index (χ2v) is 9.59.